The van der Waals surface area contributed by atoms with Crippen LogP contribution in [0.2, 0.25) is 0 Å². The highest BCUT2D eigenvalue weighted by atomic mass is 16.6. The minimum atomic E-state index is -0.501. The number of nitrogens with zero attached hydrogens (tertiary/aromatic N) is 5. The van der Waals surface area contributed by atoms with Gasteiger partial charge in [-0.3, -0.25) is 4.98 Å². The van der Waals surface area contributed by atoms with Crippen molar-refractivity contribution < 1.29 is 9.53 Å². The molecule has 3 unspecified atom stereocenters. The van der Waals surface area contributed by atoms with Crippen molar-refractivity contribution in [3.8, 4) is 0 Å². The smallest absolute Gasteiger partial charge is 0.407 e. The van der Waals surface area contributed by atoms with Crippen LogP contribution in [0.3, 0.4) is 0 Å². The highest BCUT2D eigenvalue weighted by molar-refractivity contribution is 5.93. The van der Waals surface area contributed by atoms with Gasteiger partial charge in [0.1, 0.15) is 17.6 Å². The topological polar surface area (TPSA) is 111 Å². The lowest BCUT2D eigenvalue weighted by Crippen LogP contribution is -2.44. The van der Waals surface area contributed by atoms with E-state index in [0.717, 1.165) is 73.4 Å². The number of rotatable bonds is 6. The van der Waals surface area contributed by atoms with Crippen LogP contribution >= 0.6 is 0 Å². The minimum Gasteiger partial charge on any atom is -0.444 e. The highest BCUT2D eigenvalue weighted by Gasteiger charge is 2.57. The third kappa shape index (κ3) is 6.49. The van der Waals surface area contributed by atoms with Crippen LogP contribution in [0.5, 0.6) is 0 Å². The number of alkyl carbamates (subject to hydrolysis) is 1. The van der Waals surface area contributed by atoms with E-state index >= 15 is 0 Å². The van der Waals surface area contributed by atoms with Crippen molar-refractivity contribution >= 4 is 23.7 Å². The van der Waals surface area contributed by atoms with Crippen molar-refractivity contribution in [2.24, 2.45) is 16.1 Å². The van der Waals surface area contributed by atoms with E-state index in [1.165, 1.54) is 0 Å². The predicted octanol–water partition coefficient (Wildman–Crippen LogP) is 5.66. The summed E-state index contributed by atoms with van der Waals surface area (Å²) in [6, 6.07) is 2.26. The maximum atomic E-state index is 12.4. The molecule has 220 valence electrons. The summed E-state index contributed by atoms with van der Waals surface area (Å²) in [6.45, 7) is 13.9. The number of carbonyl (C=O) groups is 1. The zero-order chi connectivity index (χ0) is 29.4. The van der Waals surface area contributed by atoms with Crippen LogP contribution in [0.1, 0.15) is 102 Å². The maximum absolute atomic E-state index is 12.4. The van der Waals surface area contributed by atoms with Gasteiger partial charge in [-0.05, 0) is 81.7 Å². The number of likely N-dealkylation sites (tertiary alicyclic amines) is 1. The van der Waals surface area contributed by atoms with Crippen LogP contribution in [0.15, 0.2) is 41.8 Å². The summed E-state index contributed by atoms with van der Waals surface area (Å²) >= 11 is 0. The molecule has 41 heavy (non-hydrogen) atoms. The van der Waals surface area contributed by atoms with Crippen LogP contribution < -0.4 is 11.1 Å². The van der Waals surface area contributed by atoms with Gasteiger partial charge in [0, 0.05) is 54.6 Å². The molecule has 2 aromatic rings. The molecule has 2 fully saturated rings. The fraction of sp³-hybridized carbons (Fsp3) is 0.562. The van der Waals surface area contributed by atoms with Gasteiger partial charge in [0.05, 0.1) is 11.9 Å². The molecule has 5 rings (SSSR count). The monoisotopic (exact) mass is 559 g/mol. The van der Waals surface area contributed by atoms with E-state index in [1.54, 1.807) is 0 Å². The van der Waals surface area contributed by atoms with E-state index in [1.807, 2.05) is 50.1 Å². The van der Waals surface area contributed by atoms with Gasteiger partial charge in [-0.2, -0.15) is 5.10 Å². The molecule has 3 aliphatic rings. The second-order valence-corrected chi connectivity index (χ2v) is 13.0. The Morgan fingerprint density at radius 1 is 1.29 bits per heavy atom. The SMILES string of the molecule is CCc1cnn(C2CC=CC(N3CCCC4(CC4NC(=O)OC(C)(C)C)C3)=N2)c1/C=C(\N)c1cncc(C(C)C)c1. The summed E-state index contributed by atoms with van der Waals surface area (Å²) in [4.78, 5) is 24.4. The van der Waals surface area contributed by atoms with Crippen molar-refractivity contribution in [2.45, 2.75) is 97.4 Å². The molecule has 9 heteroatoms. The number of aryl methyl sites for hydroxylation is 1. The van der Waals surface area contributed by atoms with Crippen LogP contribution in [0.25, 0.3) is 11.8 Å². The molecule has 0 bridgehead atoms. The zero-order valence-corrected chi connectivity index (χ0v) is 25.4. The number of hydrogen-bond acceptors (Lipinski definition) is 7. The summed E-state index contributed by atoms with van der Waals surface area (Å²) in [5.74, 6) is 1.36. The molecule has 2 aromatic heterocycles. The Hall–Kier alpha value is -3.62. The van der Waals surface area contributed by atoms with Crippen LogP contribution in [-0.2, 0) is 11.2 Å². The molecule has 9 nitrogen and oxygen atoms in total. The van der Waals surface area contributed by atoms with Crippen molar-refractivity contribution in [2.75, 3.05) is 13.1 Å². The van der Waals surface area contributed by atoms with Gasteiger partial charge in [-0.25, -0.2) is 14.5 Å². The molecule has 4 heterocycles. The van der Waals surface area contributed by atoms with Gasteiger partial charge in [0.25, 0.3) is 0 Å². The number of carbonyl (C=O) groups excluding carboxylic acids is 1. The number of piperidine rings is 1. The van der Waals surface area contributed by atoms with Gasteiger partial charge in [0.15, 0.2) is 0 Å². The number of dihydropyridines is 1. The second-order valence-electron chi connectivity index (χ2n) is 13.0. The first kappa shape index (κ1) is 28.9. The number of ether oxygens (including phenoxy) is 1. The fourth-order valence-corrected chi connectivity index (χ4v) is 5.93. The second kappa shape index (κ2) is 11.3. The number of nitrogens with two attached hydrogens (primary N) is 1. The van der Waals surface area contributed by atoms with Gasteiger partial charge >= 0.3 is 6.09 Å². The molecule has 3 N–H and O–H groups in total. The summed E-state index contributed by atoms with van der Waals surface area (Å²) in [5.41, 5.74) is 11.1. The molecular weight excluding hydrogens is 514 g/mol. The summed E-state index contributed by atoms with van der Waals surface area (Å²) in [5, 5.41) is 7.88. The Labute approximate surface area is 243 Å². The van der Waals surface area contributed by atoms with E-state index in [-0.39, 0.29) is 23.7 Å². The molecule has 0 aromatic carbocycles. The highest BCUT2D eigenvalue weighted by Crippen LogP contribution is 2.52. The van der Waals surface area contributed by atoms with Crippen LogP contribution in [0, 0.1) is 5.41 Å². The largest absolute Gasteiger partial charge is 0.444 e. The quantitative estimate of drug-likeness (QED) is 0.473. The van der Waals surface area contributed by atoms with Crippen LogP contribution in [-0.4, -0.2) is 56.3 Å². The molecule has 3 atom stereocenters. The Morgan fingerprint density at radius 3 is 2.83 bits per heavy atom. The molecule has 1 spiro atoms. The number of nitrogens with one attached hydrogen (secondary N) is 1. The van der Waals surface area contributed by atoms with Gasteiger partial charge in [-0.1, -0.05) is 26.8 Å². The Bertz CT molecular complexity index is 1370. The van der Waals surface area contributed by atoms with E-state index in [4.69, 9.17) is 20.6 Å². The fourth-order valence-electron chi connectivity index (χ4n) is 5.93. The third-order valence-corrected chi connectivity index (χ3v) is 8.34. The normalized spacial score (nSPS) is 24.5. The third-order valence-electron chi connectivity index (χ3n) is 8.34. The number of amides is 1. The number of amidine groups is 1. The average molecular weight is 560 g/mol. The van der Waals surface area contributed by atoms with E-state index in [0.29, 0.717) is 11.6 Å². The summed E-state index contributed by atoms with van der Waals surface area (Å²) in [7, 11) is 0. The van der Waals surface area contributed by atoms with Gasteiger partial charge in [0.2, 0.25) is 0 Å². The minimum absolute atomic E-state index is 0.0838. The van der Waals surface area contributed by atoms with E-state index < -0.39 is 5.60 Å². The summed E-state index contributed by atoms with van der Waals surface area (Å²) in [6.07, 6.45) is 16.3. The maximum Gasteiger partial charge on any atom is 0.407 e. The predicted molar refractivity (Wildman–Crippen MR) is 163 cm³/mol. The first-order chi connectivity index (χ1) is 19.5. The first-order valence-corrected chi connectivity index (χ1v) is 15.0. The molecule has 1 saturated heterocycles. The number of hydrogen-bond donors (Lipinski definition) is 2. The Balaban J connectivity index is 1.34. The first-order valence-electron chi connectivity index (χ1n) is 15.0. The Kier molecular flexibility index (Phi) is 7.99. The van der Waals surface area contributed by atoms with Crippen LogP contribution in [0.4, 0.5) is 4.79 Å². The number of pyridine rings is 1. The average Bonchev–Trinajstić information content (AvgIpc) is 3.39. The lowest BCUT2D eigenvalue weighted by molar-refractivity contribution is 0.0510. The van der Waals surface area contributed by atoms with Crippen molar-refractivity contribution in [1.29, 1.82) is 0 Å². The van der Waals surface area contributed by atoms with Crippen molar-refractivity contribution in [3.63, 3.8) is 0 Å². The van der Waals surface area contributed by atoms with Crippen molar-refractivity contribution in [3.05, 3.63) is 59.2 Å². The molecule has 0 radical (unpaired) electrons. The van der Waals surface area contributed by atoms with Gasteiger partial charge in [-0.15, -0.1) is 0 Å². The summed E-state index contributed by atoms with van der Waals surface area (Å²) < 4.78 is 7.51. The standard InChI is InChI=1S/C32H45N7O2/c1-7-22-19-35-39(26(22)15-25(33)24-14-23(21(2)3)17-34-18-24)29-11-8-10-28(37-29)38-13-9-12-32(20-38)16-27(32)36-30(40)41-31(4,5)6/h8,10,14-15,17-19,21,27,29H,7,9,11-13,16,20,33H2,1-6H3,(H,36,40)/b25-15-. The lowest BCUT2D eigenvalue weighted by Gasteiger charge is -2.36. The molecule has 1 amide bonds. The number of aromatic nitrogens is 3. The van der Waals surface area contributed by atoms with Gasteiger partial charge < -0.3 is 20.7 Å². The van der Waals surface area contributed by atoms with E-state index in [2.05, 4.69) is 54.2 Å². The molecule has 1 saturated carbocycles. The lowest BCUT2D eigenvalue weighted by atomic mass is 9.93. The Morgan fingerprint density at radius 2 is 2.10 bits per heavy atom. The molecular formula is C32H45N7O2. The zero-order valence-electron chi connectivity index (χ0n) is 25.4. The van der Waals surface area contributed by atoms with Crippen molar-refractivity contribution in [1.82, 2.24) is 25.0 Å². The molecule has 1 aliphatic carbocycles. The molecule has 2 aliphatic heterocycles. The van der Waals surface area contributed by atoms with E-state index in [9.17, 15) is 4.79 Å². The number of aliphatic imine (C=N–C) groups is 1.